The van der Waals surface area contributed by atoms with E-state index in [4.69, 9.17) is 0 Å². The molecule has 0 saturated heterocycles. The van der Waals surface area contributed by atoms with Gasteiger partial charge in [0.1, 0.15) is 5.75 Å². The van der Waals surface area contributed by atoms with Crippen LogP contribution in [0.3, 0.4) is 0 Å². The molecular weight excluding hydrogens is 218 g/mol. The highest BCUT2D eigenvalue weighted by Crippen LogP contribution is 2.37. The summed E-state index contributed by atoms with van der Waals surface area (Å²) in [4.78, 5) is 13.8. The Morgan fingerprint density at radius 1 is 1.24 bits per heavy atom. The number of anilines is 1. The fourth-order valence-corrected chi connectivity index (χ4v) is 2.67. The number of phenols is 1. The van der Waals surface area contributed by atoms with E-state index in [-0.39, 0.29) is 23.8 Å². The number of phenolic OH excluding ortho intramolecular Hbond substituents is 1. The van der Waals surface area contributed by atoms with Crippen LogP contribution in [0.4, 0.5) is 5.69 Å². The fraction of sp³-hybridized carbons (Fsp3) is 0.462. The number of benzene rings is 1. The first-order chi connectivity index (χ1) is 8.15. The number of carbonyl (C=O) groups is 1. The minimum Gasteiger partial charge on any atom is -0.508 e. The van der Waals surface area contributed by atoms with Crippen molar-refractivity contribution in [3.63, 3.8) is 0 Å². The second kappa shape index (κ2) is 3.74. The summed E-state index contributed by atoms with van der Waals surface area (Å²) in [5, 5.41) is 18.8. The summed E-state index contributed by atoms with van der Waals surface area (Å²) in [5.41, 5.74) is 1.92. The second-order valence-corrected chi connectivity index (χ2v) is 4.86. The Bertz CT molecular complexity index is 466. The topological polar surface area (TPSA) is 60.8 Å². The van der Waals surface area contributed by atoms with Crippen LogP contribution in [0.25, 0.3) is 0 Å². The van der Waals surface area contributed by atoms with Crippen molar-refractivity contribution in [1.29, 1.82) is 0 Å². The molecule has 1 amide bonds. The Morgan fingerprint density at radius 3 is 2.71 bits per heavy atom. The highest BCUT2D eigenvalue weighted by molar-refractivity contribution is 5.97. The monoisotopic (exact) mass is 233 g/mol. The van der Waals surface area contributed by atoms with E-state index in [1.54, 1.807) is 23.1 Å². The molecule has 0 unspecified atom stereocenters. The molecule has 1 heterocycles. The first kappa shape index (κ1) is 10.6. The van der Waals surface area contributed by atoms with Crippen LogP contribution in [0.2, 0.25) is 0 Å². The first-order valence-corrected chi connectivity index (χ1v) is 5.97. The van der Waals surface area contributed by atoms with Crippen LogP contribution in [-0.2, 0) is 11.2 Å². The number of aliphatic hydroxyl groups is 1. The lowest BCUT2D eigenvalue weighted by Gasteiger charge is -2.43. The molecule has 4 nitrogen and oxygen atoms in total. The van der Waals surface area contributed by atoms with Crippen LogP contribution < -0.4 is 4.90 Å². The van der Waals surface area contributed by atoms with Gasteiger partial charge in [0.25, 0.3) is 0 Å². The zero-order chi connectivity index (χ0) is 12.0. The van der Waals surface area contributed by atoms with Gasteiger partial charge in [0.05, 0.1) is 6.10 Å². The normalized spacial score (nSPS) is 27.6. The van der Waals surface area contributed by atoms with Gasteiger partial charge in [-0.25, -0.2) is 0 Å². The van der Waals surface area contributed by atoms with E-state index in [0.29, 0.717) is 25.7 Å². The molecule has 1 aromatic carbocycles. The van der Waals surface area contributed by atoms with Crippen molar-refractivity contribution in [1.82, 2.24) is 0 Å². The average molecular weight is 233 g/mol. The van der Waals surface area contributed by atoms with Crippen molar-refractivity contribution in [2.75, 3.05) is 4.90 Å². The van der Waals surface area contributed by atoms with Gasteiger partial charge in [-0.2, -0.15) is 0 Å². The van der Waals surface area contributed by atoms with Crippen molar-refractivity contribution >= 4 is 11.6 Å². The van der Waals surface area contributed by atoms with Crippen LogP contribution in [0.5, 0.6) is 5.75 Å². The van der Waals surface area contributed by atoms with Gasteiger partial charge < -0.3 is 15.1 Å². The molecule has 0 spiro atoms. The van der Waals surface area contributed by atoms with Gasteiger partial charge in [0.2, 0.25) is 5.91 Å². The number of aromatic hydroxyl groups is 1. The molecule has 2 aliphatic rings. The molecule has 3 rings (SSSR count). The van der Waals surface area contributed by atoms with Gasteiger partial charge in [0.15, 0.2) is 0 Å². The third-order valence-electron chi connectivity index (χ3n) is 3.65. The molecule has 0 radical (unpaired) electrons. The Balaban J connectivity index is 1.96. The largest absolute Gasteiger partial charge is 0.508 e. The number of nitrogens with zero attached hydrogens (tertiary/aromatic N) is 1. The van der Waals surface area contributed by atoms with Gasteiger partial charge >= 0.3 is 0 Å². The predicted octanol–water partition coefficient (Wildman–Crippen LogP) is 1.19. The Kier molecular flexibility index (Phi) is 2.33. The van der Waals surface area contributed by atoms with Gasteiger partial charge in [-0.15, -0.1) is 0 Å². The molecule has 90 valence electrons. The third-order valence-corrected chi connectivity index (χ3v) is 3.65. The zero-order valence-corrected chi connectivity index (χ0v) is 9.47. The quantitative estimate of drug-likeness (QED) is 0.766. The standard InChI is InChI=1S/C13H15NO3/c15-10-2-3-12-8(5-10)1-4-13(17)14(12)9-6-11(16)7-9/h2-3,5,9,11,15-16H,1,4,6-7H2/t9-,11+. The van der Waals surface area contributed by atoms with E-state index < -0.39 is 0 Å². The van der Waals surface area contributed by atoms with Crippen LogP contribution >= 0.6 is 0 Å². The van der Waals surface area contributed by atoms with E-state index in [2.05, 4.69) is 0 Å². The molecule has 1 aliphatic carbocycles. The Hall–Kier alpha value is -1.55. The number of hydrogen-bond acceptors (Lipinski definition) is 3. The molecule has 2 N–H and O–H groups in total. The van der Waals surface area contributed by atoms with E-state index in [1.807, 2.05) is 0 Å². The lowest BCUT2D eigenvalue weighted by Crippen LogP contribution is -2.51. The summed E-state index contributed by atoms with van der Waals surface area (Å²) in [6.07, 6.45) is 2.23. The van der Waals surface area contributed by atoms with Crippen molar-refractivity contribution in [3.05, 3.63) is 23.8 Å². The maximum absolute atomic E-state index is 12.0. The van der Waals surface area contributed by atoms with E-state index in [0.717, 1.165) is 11.3 Å². The average Bonchev–Trinajstić information content (AvgIpc) is 2.26. The smallest absolute Gasteiger partial charge is 0.227 e. The van der Waals surface area contributed by atoms with Gasteiger partial charge in [-0.1, -0.05) is 0 Å². The second-order valence-electron chi connectivity index (χ2n) is 4.86. The van der Waals surface area contributed by atoms with Crippen molar-refractivity contribution < 1.29 is 15.0 Å². The van der Waals surface area contributed by atoms with Crippen LogP contribution in [-0.4, -0.2) is 28.3 Å². The molecule has 0 aromatic heterocycles. The highest BCUT2D eigenvalue weighted by atomic mass is 16.3. The maximum Gasteiger partial charge on any atom is 0.227 e. The first-order valence-electron chi connectivity index (χ1n) is 5.97. The molecule has 17 heavy (non-hydrogen) atoms. The molecular formula is C13H15NO3. The van der Waals surface area contributed by atoms with Crippen molar-refractivity contribution in [3.8, 4) is 5.75 Å². The summed E-state index contributed by atoms with van der Waals surface area (Å²) in [7, 11) is 0. The van der Waals surface area contributed by atoms with Crippen LogP contribution in [0, 0.1) is 0 Å². The zero-order valence-electron chi connectivity index (χ0n) is 9.47. The number of hydrogen-bond donors (Lipinski definition) is 2. The number of amides is 1. The summed E-state index contributed by atoms with van der Waals surface area (Å²) >= 11 is 0. The number of fused-ring (bicyclic) bond motifs is 1. The molecule has 1 aromatic rings. The summed E-state index contributed by atoms with van der Waals surface area (Å²) < 4.78 is 0. The van der Waals surface area contributed by atoms with Crippen molar-refractivity contribution in [2.24, 2.45) is 0 Å². The lowest BCUT2D eigenvalue weighted by atomic mass is 9.85. The van der Waals surface area contributed by atoms with Gasteiger partial charge in [-0.05, 0) is 43.0 Å². The van der Waals surface area contributed by atoms with Gasteiger partial charge in [0, 0.05) is 18.2 Å². The number of aryl methyl sites for hydroxylation is 1. The van der Waals surface area contributed by atoms with Crippen LogP contribution in [0.1, 0.15) is 24.8 Å². The minimum absolute atomic E-state index is 0.125. The van der Waals surface area contributed by atoms with Crippen LogP contribution in [0.15, 0.2) is 18.2 Å². The lowest BCUT2D eigenvalue weighted by molar-refractivity contribution is -0.120. The number of aliphatic hydroxyl groups excluding tert-OH is 1. The molecule has 1 fully saturated rings. The molecule has 0 bridgehead atoms. The molecule has 4 heteroatoms. The molecule has 0 atom stereocenters. The molecule has 1 aliphatic heterocycles. The SMILES string of the molecule is O=C1CCc2cc(O)ccc2N1[C@H]1C[C@@H](O)C1. The van der Waals surface area contributed by atoms with E-state index in [9.17, 15) is 15.0 Å². The highest BCUT2D eigenvalue weighted by Gasteiger charge is 2.38. The van der Waals surface area contributed by atoms with E-state index >= 15 is 0 Å². The number of rotatable bonds is 1. The number of carbonyl (C=O) groups excluding carboxylic acids is 1. The van der Waals surface area contributed by atoms with E-state index in [1.165, 1.54) is 0 Å². The van der Waals surface area contributed by atoms with Gasteiger partial charge in [-0.3, -0.25) is 4.79 Å². The Morgan fingerprint density at radius 2 is 2.00 bits per heavy atom. The van der Waals surface area contributed by atoms with Crippen molar-refractivity contribution in [2.45, 2.75) is 37.8 Å². The fourth-order valence-electron chi connectivity index (χ4n) is 2.67. The summed E-state index contributed by atoms with van der Waals surface area (Å²) in [5.74, 6) is 0.367. The molecule has 1 saturated carbocycles. The summed E-state index contributed by atoms with van der Waals surface area (Å²) in [6.45, 7) is 0. The third kappa shape index (κ3) is 1.69. The maximum atomic E-state index is 12.0. The Labute approximate surface area is 99.5 Å². The minimum atomic E-state index is -0.268. The summed E-state index contributed by atoms with van der Waals surface area (Å²) in [6, 6.07) is 5.26. The predicted molar refractivity (Wildman–Crippen MR) is 62.9 cm³/mol.